The lowest BCUT2D eigenvalue weighted by atomic mass is 10.1. The third kappa shape index (κ3) is 5.36. The van der Waals surface area contributed by atoms with Crippen molar-refractivity contribution in [2.75, 3.05) is 0 Å². The SMILES string of the molecule is c1ccc(-c2nc(-c3ccccc3)nc(-c3cc(-n4c5ccccc5c5cccnc54)c(-n4c5ccccc5c5cccnc54)c(-n4c5ccccc5c5cccnc54)c3)n2)cc1. The van der Waals surface area contributed by atoms with Crippen LogP contribution < -0.4 is 0 Å². The monoisotopic (exact) mass is 807 g/mol. The first-order valence-electron chi connectivity index (χ1n) is 20.9. The minimum atomic E-state index is 0.527. The Labute approximate surface area is 359 Å². The van der Waals surface area contributed by atoms with E-state index < -0.39 is 0 Å². The van der Waals surface area contributed by atoms with Crippen LogP contribution in [-0.2, 0) is 0 Å². The average molecular weight is 808 g/mol. The predicted octanol–water partition coefficient (Wildman–Crippen LogP) is 12.3. The largest absolute Gasteiger partial charge is 0.292 e. The van der Waals surface area contributed by atoms with E-state index in [-0.39, 0.29) is 0 Å². The van der Waals surface area contributed by atoms with Gasteiger partial charge in [0.1, 0.15) is 16.9 Å². The van der Waals surface area contributed by atoms with Crippen LogP contribution in [0, 0.1) is 0 Å². The van der Waals surface area contributed by atoms with E-state index in [1.54, 1.807) is 0 Å². The number of benzene rings is 6. The first-order chi connectivity index (χ1) is 31.3. The molecule has 0 N–H and O–H groups in total. The standard InChI is InChI=1S/C54H33N9/c1-3-16-34(17-4-1)49-58-50(35-18-5-2-6-19-35)60-51(59-49)36-32-46(61-43-26-10-7-20-37(43)40-23-13-29-55-52(40)61)48(63-45-28-12-9-22-39(45)42-25-15-31-57-54(42)63)47(33-36)62-44-27-11-8-21-38(44)41-24-14-30-56-53(41)62/h1-33H. The van der Waals surface area contributed by atoms with Crippen LogP contribution in [0.15, 0.2) is 201 Å². The van der Waals surface area contributed by atoms with Gasteiger partial charge in [-0.15, -0.1) is 0 Å². The highest BCUT2D eigenvalue weighted by molar-refractivity contribution is 6.12. The van der Waals surface area contributed by atoms with Gasteiger partial charge in [-0.2, -0.15) is 0 Å². The Morgan fingerprint density at radius 2 is 0.619 bits per heavy atom. The molecule has 0 spiro atoms. The molecule has 0 amide bonds. The second-order valence-corrected chi connectivity index (χ2v) is 15.6. The number of para-hydroxylation sites is 3. The van der Waals surface area contributed by atoms with Gasteiger partial charge in [0.25, 0.3) is 0 Å². The molecular formula is C54H33N9. The van der Waals surface area contributed by atoms with Gasteiger partial charge in [0.15, 0.2) is 17.5 Å². The van der Waals surface area contributed by atoms with Gasteiger partial charge in [0, 0.05) is 67.6 Å². The zero-order chi connectivity index (χ0) is 41.4. The van der Waals surface area contributed by atoms with E-state index in [1.165, 1.54) is 0 Å². The molecule has 0 bridgehead atoms. The maximum atomic E-state index is 5.29. The van der Waals surface area contributed by atoms with Crippen molar-refractivity contribution in [3.05, 3.63) is 201 Å². The van der Waals surface area contributed by atoms with Gasteiger partial charge in [-0.25, -0.2) is 29.9 Å². The molecular weight excluding hydrogens is 775 g/mol. The molecule has 0 radical (unpaired) electrons. The van der Waals surface area contributed by atoms with Crippen LogP contribution in [0.3, 0.4) is 0 Å². The maximum Gasteiger partial charge on any atom is 0.164 e. The summed E-state index contributed by atoms with van der Waals surface area (Å²) in [5.74, 6) is 1.69. The highest BCUT2D eigenvalue weighted by Crippen LogP contribution is 2.44. The van der Waals surface area contributed by atoms with Gasteiger partial charge in [0.05, 0.1) is 33.6 Å². The molecule has 0 atom stereocenters. The number of aromatic nitrogens is 9. The molecule has 0 unspecified atom stereocenters. The van der Waals surface area contributed by atoms with Crippen LogP contribution in [0.25, 0.3) is 117 Å². The van der Waals surface area contributed by atoms with Crippen molar-refractivity contribution in [3.63, 3.8) is 0 Å². The molecule has 7 aromatic heterocycles. The molecule has 294 valence electrons. The molecule has 0 aliphatic heterocycles. The number of hydrogen-bond donors (Lipinski definition) is 0. The van der Waals surface area contributed by atoms with E-state index in [0.717, 1.165) is 99.6 Å². The van der Waals surface area contributed by atoms with Crippen molar-refractivity contribution >= 4 is 65.8 Å². The van der Waals surface area contributed by atoms with E-state index in [0.29, 0.717) is 17.5 Å². The second-order valence-electron chi connectivity index (χ2n) is 15.6. The fourth-order valence-electron chi connectivity index (χ4n) is 9.34. The summed E-state index contributed by atoms with van der Waals surface area (Å²) >= 11 is 0. The molecule has 0 saturated carbocycles. The quantitative estimate of drug-likeness (QED) is 0.166. The number of rotatable bonds is 6. The molecule has 9 nitrogen and oxygen atoms in total. The van der Waals surface area contributed by atoms with Gasteiger partial charge in [-0.3, -0.25) is 13.7 Å². The molecule has 0 fully saturated rings. The summed E-state index contributed by atoms with van der Waals surface area (Å²) in [6.45, 7) is 0. The van der Waals surface area contributed by atoms with Gasteiger partial charge < -0.3 is 0 Å². The van der Waals surface area contributed by atoms with Crippen LogP contribution >= 0.6 is 0 Å². The van der Waals surface area contributed by atoms with Crippen molar-refractivity contribution in [1.82, 2.24) is 43.6 Å². The minimum absolute atomic E-state index is 0.527. The van der Waals surface area contributed by atoms with Crippen LogP contribution in [0.5, 0.6) is 0 Å². The van der Waals surface area contributed by atoms with E-state index in [2.05, 4.69) is 117 Å². The number of hydrogen-bond acceptors (Lipinski definition) is 6. The molecule has 0 aliphatic rings. The van der Waals surface area contributed by atoms with Gasteiger partial charge >= 0.3 is 0 Å². The Morgan fingerprint density at radius 1 is 0.286 bits per heavy atom. The summed E-state index contributed by atoms with van der Waals surface area (Å²) in [5, 5.41) is 6.42. The second kappa shape index (κ2) is 13.9. The molecule has 9 heteroatoms. The Hall–Kier alpha value is -8.82. The third-order valence-corrected chi connectivity index (χ3v) is 12.0. The maximum absolute atomic E-state index is 5.29. The first-order valence-corrected chi connectivity index (χ1v) is 20.9. The Bertz CT molecular complexity index is 3570. The summed E-state index contributed by atoms with van der Waals surface area (Å²) in [6, 6.07) is 62.7. The van der Waals surface area contributed by atoms with Crippen molar-refractivity contribution < 1.29 is 0 Å². The molecule has 13 rings (SSSR count). The molecule has 7 heterocycles. The Morgan fingerprint density at radius 3 is 1.05 bits per heavy atom. The minimum Gasteiger partial charge on any atom is -0.292 e. The normalized spacial score (nSPS) is 11.8. The van der Waals surface area contributed by atoms with Crippen LogP contribution in [0.2, 0.25) is 0 Å². The first kappa shape index (κ1) is 35.0. The zero-order valence-corrected chi connectivity index (χ0v) is 33.6. The summed E-state index contributed by atoms with van der Waals surface area (Å²) in [5.41, 5.74) is 10.7. The van der Waals surface area contributed by atoms with Crippen LogP contribution in [0.4, 0.5) is 0 Å². The Balaban J connectivity index is 1.26. The van der Waals surface area contributed by atoms with E-state index in [4.69, 9.17) is 29.9 Å². The molecule has 13 aromatic rings. The van der Waals surface area contributed by atoms with Crippen molar-refractivity contribution in [2.24, 2.45) is 0 Å². The lowest BCUT2D eigenvalue weighted by molar-refractivity contribution is 1.02. The predicted molar refractivity (Wildman–Crippen MR) is 253 cm³/mol. The average Bonchev–Trinajstić information content (AvgIpc) is 4.00. The lowest BCUT2D eigenvalue weighted by Gasteiger charge is -2.22. The van der Waals surface area contributed by atoms with E-state index in [1.807, 2.05) is 97.5 Å². The van der Waals surface area contributed by atoms with Crippen molar-refractivity contribution in [2.45, 2.75) is 0 Å². The lowest BCUT2D eigenvalue weighted by Crippen LogP contribution is -2.11. The van der Waals surface area contributed by atoms with Gasteiger partial charge in [-0.05, 0) is 66.7 Å². The summed E-state index contributed by atoms with van der Waals surface area (Å²) in [4.78, 5) is 31.0. The topological polar surface area (TPSA) is 92.1 Å². The van der Waals surface area contributed by atoms with E-state index in [9.17, 15) is 0 Å². The number of fused-ring (bicyclic) bond motifs is 9. The fraction of sp³-hybridized carbons (Fsp3) is 0. The highest BCUT2D eigenvalue weighted by Gasteiger charge is 2.28. The third-order valence-electron chi connectivity index (χ3n) is 12.0. The Kier molecular flexibility index (Phi) is 7.70. The summed E-state index contributed by atoms with van der Waals surface area (Å²) < 4.78 is 6.88. The van der Waals surface area contributed by atoms with Crippen molar-refractivity contribution in [3.8, 4) is 51.2 Å². The molecule has 0 aliphatic carbocycles. The van der Waals surface area contributed by atoms with Gasteiger partial charge in [-0.1, -0.05) is 115 Å². The van der Waals surface area contributed by atoms with Crippen LogP contribution in [0.1, 0.15) is 0 Å². The van der Waals surface area contributed by atoms with Crippen molar-refractivity contribution in [1.29, 1.82) is 0 Å². The van der Waals surface area contributed by atoms with Crippen LogP contribution in [-0.4, -0.2) is 43.6 Å². The molecule has 63 heavy (non-hydrogen) atoms. The number of nitrogens with zero attached hydrogens (tertiary/aromatic N) is 9. The summed E-state index contributed by atoms with van der Waals surface area (Å²) in [7, 11) is 0. The zero-order valence-electron chi connectivity index (χ0n) is 33.6. The summed E-state index contributed by atoms with van der Waals surface area (Å²) in [6.07, 6.45) is 5.60. The molecule has 0 saturated heterocycles. The number of pyridine rings is 3. The highest BCUT2D eigenvalue weighted by atomic mass is 15.2. The van der Waals surface area contributed by atoms with E-state index >= 15 is 0 Å². The van der Waals surface area contributed by atoms with Gasteiger partial charge in [0.2, 0.25) is 0 Å². The fourth-order valence-corrected chi connectivity index (χ4v) is 9.34. The molecule has 6 aromatic carbocycles. The smallest absolute Gasteiger partial charge is 0.164 e.